The zero-order chi connectivity index (χ0) is 17.9. The lowest BCUT2D eigenvalue weighted by Gasteiger charge is -2.34. The number of carbonyl (C=O) groups excluding carboxylic acids is 1. The Morgan fingerprint density at radius 3 is 2.29 bits per heavy atom. The van der Waals surface area contributed by atoms with Gasteiger partial charge in [0.05, 0.1) is 11.3 Å². The van der Waals surface area contributed by atoms with Crippen LogP contribution in [0.3, 0.4) is 0 Å². The van der Waals surface area contributed by atoms with Crippen molar-refractivity contribution in [3.63, 3.8) is 0 Å². The molecule has 0 radical (unpaired) electrons. The SMILES string of the molecule is Cc1ccc(C)c(S(=O)(=O)N2CCN(C(=O)CCC(=O)O)CC2)c1. The molecule has 132 valence electrons. The Morgan fingerprint density at radius 1 is 1.08 bits per heavy atom. The predicted molar refractivity (Wildman–Crippen MR) is 88.1 cm³/mol. The highest BCUT2D eigenvalue weighted by Crippen LogP contribution is 2.22. The van der Waals surface area contributed by atoms with Gasteiger partial charge in [-0.15, -0.1) is 0 Å². The van der Waals surface area contributed by atoms with Gasteiger partial charge in [0.1, 0.15) is 0 Å². The van der Waals surface area contributed by atoms with E-state index in [1.54, 1.807) is 19.1 Å². The molecule has 1 aromatic carbocycles. The third kappa shape index (κ3) is 4.12. The molecule has 1 aliphatic rings. The third-order valence-electron chi connectivity index (χ3n) is 4.11. The number of nitrogens with zero attached hydrogens (tertiary/aromatic N) is 2. The van der Waals surface area contributed by atoms with Crippen LogP contribution >= 0.6 is 0 Å². The Balaban J connectivity index is 2.04. The molecule has 0 saturated carbocycles. The second-order valence-corrected chi connectivity index (χ2v) is 7.85. The molecule has 0 unspecified atom stereocenters. The van der Waals surface area contributed by atoms with E-state index in [1.165, 1.54) is 9.21 Å². The monoisotopic (exact) mass is 354 g/mol. The second kappa shape index (κ2) is 7.31. The van der Waals surface area contributed by atoms with Crippen LogP contribution in [0, 0.1) is 13.8 Å². The number of hydrogen-bond acceptors (Lipinski definition) is 4. The van der Waals surface area contributed by atoms with Gasteiger partial charge in [-0.2, -0.15) is 4.31 Å². The predicted octanol–water partition coefficient (Wildman–Crippen LogP) is 1.00. The molecule has 1 aliphatic heterocycles. The van der Waals surface area contributed by atoms with Crippen LogP contribution in [0.4, 0.5) is 0 Å². The van der Waals surface area contributed by atoms with Crippen molar-refractivity contribution in [3.05, 3.63) is 29.3 Å². The van der Waals surface area contributed by atoms with Gasteiger partial charge in [-0.3, -0.25) is 9.59 Å². The fourth-order valence-corrected chi connectivity index (χ4v) is 4.41. The van der Waals surface area contributed by atoms with Crippen LogP contribution < -0.4 is 0 Å². The Hall–Kier alpha value is -1.93. The molecule has 8 heteroatoms. The smallest absolute Gasteiger partial charge is 0.303 e. The van der Waals surface area contributed by atoms with E-state index in [0.717, 1.165) is 5.56 Å². The molecule has 0 aromatic heterocycles. The number of sulfonamides is 1. The molecular weight excluding hydrogens is 332 g/mol. The lowest BCUT2D eigenvalue weighted by molar-refractivity contribution is -0.141. The van der Waals surface area contributed by atoms with Crippen molar-refractivity contribution in [3.8, 4) is 0 Å². The second-order valence-electron chi connectivity index (χ2n) is 5.95. The van der Waals surface area contributed by atoms with Gasteiger partial charge in [0.15, 0.2) is 0 Å². The van der Waals surface area contributed by atoms with Crippen molar-refractivity contribution in [2.45, 2.75) is 31.6 Å². The summed E-state index contributed by atoms with van der Waals surface area (Å²) in [6.07, 6.45) is -0.265. The lowest BCUT2D eigenvalue weighted by Crippen LogP contribution is -2.50. The highest BCUT2D eigenvalue weighted by molar-refractivity contribution is 7.89. The summed E-state index contributed by atoms with van der Waals surface area (Å²) in [5.74, 6) is -1.26. The fraction of sp³-hybridized carbons (Fsp3) is 0.500. The Morgan fingerprint density at radius 2 is 1.71 bits per heavy atom. The molecule has 0 bridgehead atoms. The Labute approximate surface area is 141 Å². The molecule has 1 aromatic rings. The molecule has 1 saturated heterocycles. The van der Waals surface area contributed by atoms with Crippen LogP contribution in [0.1, 0.15) is 24.0 Å². The highest BCUT2D eigenvalue weighted by atomic mass is 32.2. The number of aryl methyl sites for hydroxylation is 2. The number of carboxylic acids is 1. The van der Waals surface area contributed by atoms with Crippen LogP contribution in [-0.4, -0.2) is 60.8 Å². The molecule has 1 amide bonds. The van der Waals surface area contributed by atoms with Crippen molar-refractivity contribution >= 4 is 21.9 Å². The summed E-state index contributed by atoms with van der Waals surface area (Å²) in [5.41, 5.74) is 1.57. The highest BCUT2D eigenvalue weighted by Gasteiger charge is 2.31. The normalized spacial score (nSPS) is 16.2. The average Bonchev–Trinajstić information content (AvgIpc) is 2.54. The van der Waals surface area contributed by atoms with Gasteiger partial charge in [0, 0.05) is 32.6 Å². The Kier molecular flexibility index (Phi) is 5.61. The first kappa shape index (κ1) is 18.4. The van der Waals surface area contributed by atoms with Gasteiger partial charge in [0.2, 0.25) is 15.9 Å². The summed E-state index contributed by atoms with van der Waals surface area (Å²) in [5, 5.41) is 8.63. The number of amides is 1. The maximum absolute atomic E-state index is 12.8. The molecule has 2 rings (SSSR count). The number of rotatable bonds is 5. The van der Waals surface area contributed by atoms with E-state index < -0.39 is 16.0 Å². The van der Waals surface area contributed by atoms with Gasteiger partial charge in [-0.05, 0) is 31.0 Å². The van der Waals surface area contributed by atoms with Gasteiger partial charge >= 0.3 is 5.97 Å². The van der Waals surface area contributed by atoms with Crippen molar-refractivity contribution in [1.82, 2.24) is 9.21 Å². The topological polar surface area (TPSA) is 95.0 Å². The van der Waals surface area contributed by atoms with Crippen LogP contribution in [0.2, 0.25) is 0 Å². The van der Waals surface area contributed by atoms with Crippen LogP contribution in [-0.2, 0) is 19.6 Å². The van der Waals surface area contributed by atoms with Crippen molar-refractivity contribution < 1.29 is 23.1 Å². The average molecular weight is 354 g/mol. The molecule has 1 fully saturated rings. The summed E-state index contributed by atoms with van der Waals surface area (Å²) in [7, 11) is -3.59. The van der Waals surface area contributed by atoms with E-state index in [1.807, 2.05) is 13.0 Å². The molecule has 1 N–H and O–H groups in total. The van der Waals surface area contributed by atoms with E-state index in [0.29, 0.717) is 10.5 Å². The van der Waals surface area contributed by atoms with Crippen molar-refractivity contribution in [1.29, 1.82) is 0 Å². The van der Waals surface area contributed by atoms with Crippen LogP contribution in [0.15, 0.2) is 23.1 Å². The standard InChI is InChI=1S/C16H22N2O5S/c1-12-3-4-13(2)14(11-12)24(22,23)18-9-7-17(8-10-18)15(19)5-6-16(20)21/h3-4,11H,5-10H2,1-2H3,(H,20,21). The minimum atomic E-state index is -3.59. The van der Waals surface area contributed by atoms with E-state index in [2.05, 4.69) is 0 Å². The molecule has 24 heavy (non-hydrogen) atoms. The van der Waals surface area contributed by atoms with Crippen molar-refractivity contribution in [2.75, 3.05) is 26.2 Å². The molecule has 0 aliphatic carbocycles. The fourth-order valence-electron chi connectivity index (χ4n) is 2.67. The summed E-state index contributed by atoms with van der Waals surface area (Å²) in [4.78, 5) is 24.3. The van der Waals surface area contributed by atoms with Crippen molar-refractivity contribution in [2.24, 2.45) is 0 Å². The van der Waals surface area contributed by atoms with Crippen LogP contribution in [0.5, 0.6) is 0 Å². The molecular formula is C16H22N2O5S. The van der Waals surface area contributed by atoms with E-state index >= 15 is 0 Å². The first-order valence-corrected chi connectivity index (χ1v) is 9.23. The van der Waals surface area contributed by atoms with Gasteiger partial charge < -0.3 is 10.0 Å². The number of aliphatic carboxylic acids is 1. The zero-order valence-corrected chi connectivity index (χ0v) is 14.7. The quantitative estimate of drug-likeness (QED) is 0.851. The Bertz CT molecular complexity index is 737. The largest absolute Gasteiger partial charge is 0.481 e. The van der Waals surface area contributed by atoms with Gasteiger partial charge in [-0.1, -0.05) is 12.1 Å². The van der Waals surface area contributed by atoms with Crippen LogP contribution in [0.25, 0.3) is 0 Å². The number of carbonyl (C=O) groups is 2. The maximum atomic E-state index is 12.8. The number of piperazine rings is 1. The molecule has 0 spiro atoms. The summed E-state index contributed by atoms with van der Waals surface area (Å²) >= 11 is 0. The first-order valence-electron chi connectivity index (χ1n) is 7.79. The summed E-state index contributed by atoms with van der Waals surface area (Å²) in [6, 6.07) is 5.32. The minimum absolute atomic E-state index is 0.0565. The third-order valence-corrected chi connectivity index (χ3v) is 6.15. The minimum Gasteiger partial charge on any atom is -0.481 e. The van der Waals surface area contributed by atoms with E-state index in [4.69, 9.17) is 5.11 Å². The molecule has 0 atom stereocenters. The van der Waals surface area contributed by atoms with E-state index in [-0.39, 0.29) is 44.9 Å². The zero-order valence-electron chi connectivity index (χ0n) is 13.9. The lowest BCUT2D eigenvalue weighted by atomic mass is 10.2. The van der Waals surface area contributed by atoms with Gasteiger partial charge in [0.25, 0.3) is 0 Å². The van der Waals surface area contributed by atoms with E-state index in [9.17, 15) is 18.0 Å². The number of carboxylic acid groups (broad SMARTS) is 1. The number of benzene rings is 1. The number of hydrogen-bond donors (Lipinski definition) is 1. The molecule has 7 nitrogen and oxygen atoms in total. The molecule has 1 heterocycles. The summed E-state index contributed by atoms with van der Waals surface area (Å²) in [6.45, 7) is 4.60. The first-order chi connectivity index (χ1) is 11.2. The summed E-state index contributed by atoms with van der Waals surface area (Å²) < 4.78 is 27.0. The van der Waals surface area contributed by atoms with Gasteiger partial charge in [-0.25, -0.2) is 8.42 Å². The maximum Gasteiger partial charge on any atom is 0.303 e.